The summed E-state index contributed by atoms with van der Waals surface area (Å²) in [6.07, 6.45) is 3.53. The first-order valence-corrected chi connectivity index (χ1v) is 6.39. The summed E-state index contributed by atoms with van der Waals surface area (Å²) in [5.74, 6) is 0.715. The minimum atomic E-state index is -0.265. The van der Waals surface area contributed by atoms with Crippen molar-refractivity contribution in [3.05, 3.63) is 34.9 Å². The van der Waals surface area contributed by atoms with Crippen LogP contribution in [-0.4, -0.2) is 11.2 Å². The highest BCUT2D eigenvalue weighted by atomic mass is 35.5. The summed E-state index contributed by atoms with van der Waals surface area (Å²) >= 11 is 6.04. The maximum atomic E-state index is 9.88. The number of hydrogen-bond acceptors (Lipinski definition) is 1. The summed E-state index contributed by atoms with van der Waals surface area (Å²) in [6, 6.07) is 7.73. The van der Waals surface area contributed by atoms with Gasteiger partial charge in [-0.25, -0.2) is 0 Å². The van der Waals surface area contributed by atoms with Gasteiger partial charge in [-0.1, -0.05) is 56.5 Å². The fourth-order valence-corrected chi connectivity index (χ4v) is 1.99. The van der Waals surface area contributed by atoms with E-state index in [1.54, 1.807) is 0 Å². The van der Waals surface area contributed by atoms with E-state index in [9.17, 15) is 5.11 Å². The molecule has 0 saturated carbocycles. The van der Waals surface area contributed by atoms with Crippen LogP contribution in [-0.2, 0) is 6.42 Å². The smallest absolute Gasteiger partial charge is 0.0581 e. The van der Waals surface area contributed by atoms with Crippen LogP contribution in [0.2, 0.25) is 5.02 Å². The predicted molar refractivity (Wildman–Crippen MR) is 69.9 cm³/mol. The highest BCUT2D eigenvalue weighted by Crippen LogP contribution is 2.18. The van der Waals surface area contributed by atoms with E-state index < -0.39 is 0 Å². The molecule has 0 radical (unpaired) electrons. The van der Waals surface area contributed by atoms with Crippen molar-refractivity contribution in [3.63, 3.8) is 0 Å². The Kier molecular flexibility index (Phi) is 5.86. The fraction of sp³-hybridized carbons (Fsp3) is 0.571. The van der Waals surface area contributed by atoms with Gasteiger partial charge in [-0.05, 0) is 30.4 Å². The Hall–Kier alpha value is -0.530. The minimum Gasteiger partial charge on any atom is -0.393 e. The van der Waals surface area contributed by atoms with Crippen molar-refractivity contribution in [2.45, 2.75) is 45.6 Å². The number of hydrogen-bond donors (Lipinski definition) is 1. The van der Waals surface area contributed by atoms with Gasteiger partial charge in [0.15, 0.2) is 0 Å². The van der Waals surface area contributed by atoms with E-state index in [1.165, 1.54) is 6.42 Å². The van der Waals surface area contributed by atoms with E-state index in [2.05, 4.69) is 13.8 Å². The molecule has 0 aromatic heterocycles. The van der Waals surface area contributed by atoms with E-state index in [4.69, 9.17) is 11.6 Å². The zero-order chi connectivity index (χ0) is 12.0. The molecule has 0 aliphatic rings. The van der Waals surface area contributed by atoms with Crippen molar-refractivity contribution in [2.24, 2.45) is 5.92 Å². The van der Waals surface area contributed by atoms with Crippen LogP contribution in [0.4, 0.5) is 0 Å². The Bertz CT molecular complexity index is 309. The molecule has 90 valence electrons. The molecule has 2 heteroatoms. The van der Waals surface area contributed by atoms with Gasteiger partial charge in [0, 0.05) is 5.02 Å². The third-order valence-electron chi connectivity index (χ3n) is 2.73. The minimum absolute atomic E-state index is 0.265. The van der Waals surface area contributed by atoms with Crippen molar-refractivity contribution >= 4 is 11.6 Å². The summed E-state index contributed by atoms with van der Waals surface area (Å²) in [6.45, 7) is 4.42. The molecule has 1 nitrogen and oxygen atoms in total. The molecule has 0 aliphatic heterocycles. The number of rotatable bonds is 6. The van der Waals surface area contributed by atoms with Crippen molar-refractivity contribution in [1.29, 1.82) is 0 Å². The van der Waals surface area contributed by atoms with Crippen molar-refractivity contribution in [2.75, 3.05) is 0 Å². The highest BCUT2D eigenvalue weighted by Gasteiger charge is 2.08. The lowest BCUT2D eigenvalue weighted by Gasteiger charge is -2.12. The SMILES string of the molecule is CC(C)CCCC(O)Cc1ccccc1Cl. The first kappa shape index (κ1) is 13.5. The van der Waals surface area contributed by atoms with Gasteiger partial charge < -0.3 is 5.11 Å². The van der Waals surface area contributed by atoms with Crippen LogP contribution < -0.4 is 0 Å². The van der Waals surface area contributed by atoms with Crippen molar-refractivity contribution < 1.29 is 5.11 Å². The number of halogens is 1. The van der Waals surface area contributed by atoms with E-state index in [1.807, 2.05) is 24.3 Å². The zero-order valence-corrected chi connectivity index (χ0v) is 10.9. The molecule has 0 spiro atoms. The maximum Gasteiger partial charge on any atom is 0.0581 e. The number of aliphatic hydroxyl groups excluding tert-OH is 1. The Morgan fingerprint density at radius 2 is 1.88 bits per heavy atom. The average Bonchev–Trinajstić information content (AvgIpc) is 2.21. The molecule has 16 heavy (non-hydrogen) atoms. The molecule has 1 N–H and O–H groups in total. The third-order valence-corrected chi connectivity index (χ3v) is 3.10. The van der Waals surface area contributed by atoms with Crippen LogP contribution in [0.3, 0.4) is 0 Å². The van der Waals surface area contributed by atoms with Crippen LogP contribution in [0, 0.1) is 5.92 Å². The molecule has 1 rings (SSSR count). The first-order valence-electron chi connectivity index (χ1n) is 6.01. The molecule has 0 aliphatic carbocycles. The van der Waals surface area contributed by atoms with Crippen LogP contribution in [0.25, 0.3) is 0 Å². The Labute approximate surface area is 103 Å². The normalized spacial score (nSPS) is 13.1. The average molecular weight is 241 g/mol. The van der Waals surface area contributed by atoms with Crippen LogP contribution in [0.5, 0.6) is 0 Å². The second-order valence-corrected chi connectivity index (χ2v) is 5.18. The van der Waals surface area contributed by atoms with Crippen LogP contribution in [0.15, 0.2) is 24.3 Å². The molecule has 0 fully saturated rings. The molecular formula is C14H21ClO. The van der Waals surface area contributed by atoms with Gasteiger partial charge in [0.25, 0.3) is 0 Å². The number of benzene rings is 1. The molecule has 0 saturated heterocycles. The van der Waals surface area contributed by atoms with Crippen molar-refractivity contribution in [3.8, 4) is 0 Å². The zero-order valence-electron chi connectivity index (χ0n) is 10.1. The topological polar surface area (TPSA) is 20.2 Å². The fourth-order valence-electron chi connectivity index (χ4n) is 1.78. The van der Waals surface area contributed by atoms with Crippen LogP contribution >= 0.6 is 11.6 Å². The summed E-state index contributed by atoms with van der Waals surface area (Å²) in [5.41, 5.74) is 1.04. The molecule has 1 atom stereocenters. The Morgan fingerprint density at radius 1 is 1.19 bits per heavy atom. The highest BCUT2D eigenvalue weighted by molar-refractivity contribution is 6.31. The monoisotopic (exact) mass is 240 g/mol. The molecule has 0 amide bonds. The summed E-state index contributed by atoms with van der Waals surface area (Å²) in [5, 5.41) is 10.6. The number of aliphatic hydroxyl groups is 1. The maximum absolute atomic E-state index is 9.88. The summed E-state index contributed by atoms with van der Waals surface area (Å²) < 4.78 is 0. The van der Waals surface area contributed by atoms with Gasteiger partial charge in [-0.15, -0.1) is 0 Å². The molecule has 1 unspecified atom stereocenters. The van der Waals surface area contributed by atoms with Gasteiger partial charge in [0.1, 0.15) is 0 Å². The molecule has 0 heterocycles. The largest absolute Gasteiger partial charge is 0.393 e. The molecule has 1 aromatic rings. The van der Waals surface area contributed by atoms with Gasteiger partial charge in [0.2, 0.25) is 0 Å². The van der Waals surface area contributed by atoms with Crippen molar-refractivity contribution in [1.82, 2.24) is 0 Å². The van der Waals surface area contributed by atoms with E-state index in [0.29, 0.717) is 12.3 Å². The van der Waals surface area contributed by atoms with E-state index in [0.717, 1.165) is 23.4 Å². The molecule has 0 bridgehead atoms. The lowest BCUT2D eigenvalue weighted by atomic mass is 10.0. The third kappa shape index (κ3) is 5.00. The Morgan fingerprint density at radius 3 is 2.50 bits per heavy atom. The summed E-state index contributed by atoms with van der Waals surface area (Å²) in [7, 11) is 0. The summed E-state index contributed by atoms with van der Waals surface area (Å²) in [4.78, 5) is 0. The van der Waals surface area contributed by atoms with E-state index in [-0.39, 0.29) is 6.10 Å². The Balaban J connectivity index is 2.34. The standard InChI is InChI=1S/C14H21ClO/c1-11(2)6-5-8-13(16)10-12-7-3-4-9-14(12)15/h3-4,7,9,11,13,16H,5-6,8,10H2,1-2H3. The first-order chi connectivity index (χ1) is 7.59. The second kappa shape index (κ2) is 6.93. The lowest BCUT2D eigenvalue weighted by molar-refractivity contribution is 0.159. The second-order valence-electron chi connectivity index (χ2n) is 4.77. The van der Waals surface area contributed by atoms with Gasteiger partial charge in [-0.2, -0.15) is 0 Å². The van der Waals surface area contributed by atoms with Gasteiger partial charge in [-0.3, -0.25) is 0 Å². The van der Waals surface area contributed by atoms with E-state index >= 15 is 0 Å². The predicted octanol–water partition coefficient (Wildman–Crippen LogP) is 4.07. The lowest BCUT2D eigenvalue weighted by Crippen LogP contribution is -2.11. The molecular weight excluding hydrogens is 220 g/mol. The van der Waals surface area contributed by atoms with Crippen LogP contribution in [0.1, 0.15) is 38.7 Å². The quantitative estimate of drug-likeness (QED) is 0.795. The van der Waals surface area contributed by atoms with Gasteiger partial charge in [0.05, 0.1) is 6.10 Å². The molecule has 1 aromatic carbocycles. The van der Waals surface area contributed by atoms with Gasteiger partial charge >= 0.3 is 0 Å².